The Morgan fingerprint density at radius 2 is 2.00 bits per heavy atom. The summed E-state index contributed by atoms with van der Waals surface area (Å²) in [6.45, 7) is 9.37. The van der Waals surface area contributed by atoms with Gasteiger partial charge in [0.05, 0.1) is 17.2 Å². The van der Waals surface area contributed by atoms with E-state index in [0.29, 0.717) is 28.9 Å². The lowest BCUT2D eigenvalue weighted by Gasteiger charge is -2.23. The second-order valence-electron chi connectivity index (χ2n) is 8.35. The Hall–Kier alpha value is -3.38. The molecule has 9 heteroatoms. The number of hydrogen-bond acceptors (Lipinski definition) is 5. The van der Waals surface area contributed by atoms with Crippen molar-refractivity contribution in [3.8, 4) is 11.3 Å². The van der Waals surface area contributed by atoms with Crippen molar-refractivity contribution in [1.29, 1.82) is 0 Å². The summed E-state index contributed by atoms with van der Waals surface area (Å²) < 4.78 is 32.7. The van der Waals surface area contributed by atoms with E-state index in [1.54, 1.807) is 7.05 Å². The first-order valence-electron chi connectivity index (χ1n) is 10.8. The molecular formula is C24H26N4O4S. The van der Waals surface area contributed by atoms with Crippen LogP contribution in [0.15, 0.2) is 34.7 Å². The molecular weight excluding hydrogens is 440 g/mol. The number of rotatable bonds is 8. The number of carbonyl (C=O) groups excluding carboxylic acids is 1. The minimum absolute atomic E-state index is 0.160. The quantitative estimate of drug-likeness (QED) is 0.398. The molecule has 1 fully saturated rings. The van der Waals surface area contributed by atoms with Crippen LogP contribution in [0.3, 0.4) is 0 Å². The first-order valence-corrected chi connectivity index (χ1v) is 12.7. The minimum atomic E-state index is -3.63. The molecule has 3 aromatic rings. The molecule has 2 heterocycles. The van der Waals surface area contributed by atoms with Crippen molar-refractivity contribution in [2.75, 3.05) is 30.7 Å². The van der Waals surface area contributed by atoms with Gasteiger partial charge in [-0.3, -0.25) is 9.10 Å². The number of fused-ring (bicyclic) bond motifs is 1. The Morgan fingerprint density at radius 1 is 1.30 bits per heavy atom. The number of nitrogens with zero attached hydrogens (tertiary/aromatic N) is 3. The number of anilines is 1. The van der Waals surface area contributed by atoms with Crippen molar-refractivity contribution in [3.63, 3.8) is 0 Å². The molecule has 4 rings (SSSR count). The molecule has 2 aromatic heterocycles. The summed E-state index contributed by atoms with van der Waals surface area (Å²) in [5.41, 5.74) is 3.20. The second kappa shape index (κ2) is 8.87. The van der Waals surface area contributed by atoms with Crippen LogP contribution in [0.5, 0.6) is 0 Å². The van der Waals surface area contributed by atoms with Crippen molar-refractivity contribution in [3.05, 3.63) is 58.4 Å². The van der Waals surface area contributed by atoms with E-state index >= 15 is 0 Å². The summed E-state index contributed by atoms with van der Waals surface area (Å²) in [5.74, 6) is 0.606. The molecule has 1 aliphatic carbocycles. The van der Waals surface area contributed by atoms with Crippen LogP contribution in [0.2, 0.25) is 0 Å². The predicted octanol–water partition coefficient (Wildman–Crippen LogP) is 4.12. The lowest BCUT2D eigenvalue weighted by molar-refractivity contribution is 0.0964. The highest BCUT2D eigenvalue weighted by Gasteiger charge is 2.34. The molecule has 8 nitrogen and oxygen atoms in total. The molecule has 1 amide bonds. The van der Waals surface area contributed by atoms with E-state index in [-0.39, 0.29) is 30.6 Å². The fraction of sp³-hybridized carbons (Fsp3) is 0.375. The SMILES string of the molecule is [C-]#[N+]CCCN(c1nc2oc(-c3ccc(C)cc3)c(C(=O)NC)c2cc1C1CC1)S(C)(=O)=O. The summed E-state index contributed by atoms with van der Waals surface area (Å²) in [4.78, 5) is 20.8. The highest BCUT2D eigenvalue weighted by Crippen LogP contribution is 2.46. The minimum Gasteiger partial charge on any atom is -0.437 e. The zero-order chi connectivity index (χ0) is 23.8. The predicted molar refractivity (Wildman–Crippen MR) is 128 cm³/mol. The van der Waals surface area contributed by atoms with Gasteiger partial charge in [0.25, 0.3) is 5.91 Å². The Kier molecular flexibility index (Phi) is 6.13. The normalized spacial score (nSPS) is 13.6. The van der Waals surface area contributed by atoms with Crippen LogP contribution < -0.4 is 9.62 Å². The van der Waals surface area contributed by atoms with Crippen LogP contribution in [0, 0.1) is 13.5 Å². The zero-order valence-corrected chi connectivity index (χ0v) is 19.7. The molecule has 0 unspecified atom stereocenters. The molecule has 33 heavy (non-hydrogen) atoms. The number of pyridine rings is 1. The van der Waals surface area contributed by atoms with Gasteiger partial charge >= 0.3 is 0 Å². The molecule has 0 radical (unpaired) electrons. The second-order valence-corrected chi connectivity index (χ2v) is 10.3. The van der Waals surface area contributed by atoms with E-state index in [1.807, 2.05) is 37.3 Å². The van der Waals surface area contributed by atoms with Crippen molar-refractivity contribution in [2.45, 2.75) is 32.1 Å². The number of hydrogen-bond donors (Lipinski definition) is 1. The lowest BCUT2D eigenvalue weighted by atomic mass is 10.0. The van der Waals surface area contributed by atoms with Gasteiger partial charge in [0.2, 0.25) is 22.3 Å². The van der Waals surface area contributed by atoms with E-state index in [9.17, 15) is 13.2 Å². The number of nitrogens with one attached hydrogen (secondary N) is 1. The Labute approximate surface area is 193 Å². The van der Waals surface area contributed by atoms with Crippen molar-refractivity contribution >= 4 is 32.8 Å². The third-order valence-electron chi connectivity index (χ3n) is 5.74. The number of benzene rings is 1. The van der Waals surface area contributed by atoms with Crippen LogP contribution in [0.25, 0.3) is 27.3 Å². The van der Waals surface area contributed by atoms with E-state index in [1.165, 1.54) is 4.31 Å². The van der Waals surface area contributed by atoms with Gasteiger partial charge in [0, 0.05) is 25.6 Å². The summed E-state index contributed by atoms with van der Waals surface area (Å²) in [7, 11) is -2.07. The van der Waals surface area contributed by atoms with Gasteiger partial charge in [-0.1, -0.05) is 29.8 Å². The molecule has 0 saturated heterocycles. The van der Waals surface area contributed by atoms with Gasteiger partial charge in [-0.05, 0) is 37.3 Å². The van der Waals surface area contributed by atoms with Gasteiger partial charge < -0.3 is 14.6 Å². The van der Waals surface area contributed by atoms with Gasteiger partial charge in [-0.15, -0.1) is 0 Å². The van der Waals surface area contributed by atoms with E-state index in [2.05, 4.69) is 15.1 Å². The number of sulfonamides is 1. The summed E-state index contributed by atoms with van der Waals surface area (Å²) in [5, 5.41) is 3.24. The van der Waals surface area contributed by atoms with E-state index in [4.69, 9.17) is 11.0 Å². The molecule has 0 aliphatic heterocycles. The first kappa shape index (κ1) is 22.8. The van der Waals surface area contributed by atoms with Crippen molar-refractivity contribution in [1.82, 2.24) is 10.3 Å². The van der Waals surface area contributed by atoms with Gasteiger partial charge in [0.1, 0.15) is 11.6 Å². The molecule has 0 bridgehead atoms. The number of aryl methyl sites for hydroxylation is 1. The van der Waals surface area contributed by atoms with Crippen LogP contribution in [0.1, 0.15) is 46.7 Å². The largest absolute Gasteiger partial charge is 0.437 e. The molecule has 0 spiro atoms. The zero-order valence-electron chi connectivity index (χ0n) is 18.9. The summed E-state index contributed by atoms with van der Waals surface area (Å²) in [6, 6.07) is 9.50. The standard InChI is InChI=1S/C24H26N4O4S/c1-15-6-8-17(9-7-15)21-20(23(29)26-3)19-14-18(16-10-11-16)22(27-24(19)32-21)28(33(4,30)31)13-5-12-25-2/h6-9,14,16H,5,10-13H2,1,3-4H3,(H,26,29). The van der Waals surface area contributed by atoms with Gasteiger partial charge in [-0.25, -0.2) is 15.0 Å². The van der Waals surface area contributed by atoms with Crippen LogP contribution in [-0.4, -0.2) is 45.7 Å². The van der Waals surface area contributed by atoms with E-state index in [0.717, 1.165) is 35.8 Å². The average molecular weight is 467 g/mol. The monoisotopic (exact) mass is 466 g/mol. The number of aromatic nitrogens is 1. The van der Waals surface area contributed by atoms with E-state index < -0.39 is 10.0 Å². The fourth-order valence-corrected chi connectivity index (χ4v) is 4.83. The lowest BCUT2D eigenvalue weighted by Crippen LogP contribution is -2.32. The van der Waals surface area contributed by atoms with Crippen molar-refractivity contribution < 1.29 is 17.6 Å². The van der Waals surface area contributed by atoms with Crippen LogP contribution in [-0.2, 0) is 10.0 Å². The third-order valence-corrected chi connectivity index (χ3v) is 6.90. The van der Waals surface area contributed by atoms with Gasteiger partial charge in [0.15, 0.2) is 0 Å². The highest BCUT2D eigenvalue weighted by molar-refractivity contribution is 7.92. The van der Waals surface area contributed by atoms with Crippen molar-refractivity contribution in [2.24, 2.45) is 0 Å². The molecule has 1 saturated carbocycles. The number of furan rings is 1. The Bertz CT molecular complexity index is 1350. The topological polar surface area (TPSA) is 96.9 Å². The maximum Gasteiger partial charge on any atom is 0.255 e. The maximum absolute atomic E-state index is 12.9. The molecule has 172 valence electrons. The number of carbonyl (C=O) groups is 1. The molecule has 1 aliphatic rings. The van der Waals surface area contributed by atoms with Gasteiger partial charge in [-0.2, -0.15) is 4.98 Å². The molecule has 1 N–H and O–H groups in total. The average Bonchev–Trinajstić information content (AvgIpc) is 3.55. The van der Waals surface area contributed by atoms with Crippen LogP contribution >= 0.6 is 0 Å². The summed E-state index contributed by atoms with van der Waals surface area (Å²) in [6.07, 6.45) is 3.40. The molecule has 0 atom stereocenters. The van der Waals surface area contributed by atoms with Crippen LogP contribution in [0.4, 0.5) is 5.82 Å². The Balaban J connectivity index is 1.95. The fourth-order valence-electron chi connectivity index (χ4n) is 3.90. The third kappa shape index (κ3) is 4.57. The highest BCUT2D eigenvalue weighted by atomic mass is 32.2. The Morgan fingerprint density at radius 3 is 2.58 bits per heavy atom. The molecule has 1 aromatic carbocycles. The first-order chi connectivity index (χ1) is 15.7. The maximum atomic E-state index is 12.9. The summed E-state index contributed by atoms with van der Waals surface area (Å²) >= 11 is 0. The smallest absolute Gasteiger partial charge is 0.255 e. The number of amides is 1.